The number of thioether (sulfide) groups is 1. The molecule has 1 aliphatic heterocycles. The third-order valence-corrected chi connectivity index (χ3v) is 5.55. The van der Waals surface area contributed by atoms with Crippen LogP contribution in [-0.4, -0.2) is 42.7 Å². The van der Waals surface area contributed by atoms with E-state index in [2.05, 4.69) is 40.5 Å². The summed E-state index contributed by atoms with van der Waals surface area (Å²) in [6, 6.07) is 18.7. The maximum atomic E-state index is 12.6. The summed E-state index contributed by atoms with van der Waals surface area (Å²) >= 11 is 1.62. The molecule has 25 heavy (non-hydrogen) atoms. The molecule has 0 aliphatic carbocycles. The predicted molar refractivity (Wildman–Crippen MR) is 105 cm³/mol. The quantitative estimate of drug-likeness (QED) is 0.800. The van der Waals surface area contributed by atoms with Gasteiger partial charge in [-0.25, -0.2) is 0 Å². The molecule has 0 unspecified atom stereocenters. The molecular weight excluding hydrogens is 328 g/mol. The second-order valence-electron chi connectivity index (χ2n) is 6.55. The summed E-state index contributed by atoms with van der Waals surface area (Å²) in [6.07, 6.45) is 5.29. The van der Waals surface area contributed by atoms with Crippen molar-refractivity contribution in [1.82, 2.24) is 10.2 Å². The van der Waals surface area contributed by atoms with Crippen molar-refractivity contribution in [2.45, 2.75) is 30.2 Å². The summed E-state index contributed by atoms with van der Waals surface area (Å²) in [5.41, 5.74) is 2.17. The summed E-state index contributed by atoms with van der Waals surface area (Å²) < 4.78 is 0. The van der Waals surface area contributed by atoms with Crippen LogP contribution in [0.3, 0.4) is 0 Å². The number of hydrogen-bond acceptors (Lipinski definition) is 3. The standard InChI is InChI=1S/C21H26N2OS/c1-25-20-12-6-5-11-19(20)21(24)22-18-10-7-14-23(16-18)15-13-17-8-3-2-4-9-17/h2-6,8-9,11-12,18H,7,10,13-16H2,1H3,(H,22,24)/t18-/m0/s1. The second kappa shape index (κ2) is 9.07. The van der Waals surface area contributed by atoms with Crippen LogP contribution in [0.25, 0.3) is 0 Å². The Kier molecular flexibility index (Phi) is 6.54. The van der Waals surface area contributed by atoms with Crippen LogP contribution in [0.1, 0.15) is 28.8 Å². The van der Waals surface area contributed by atoms with E-state index in [4.69, 9.17) is 0 Å². The van der Waals surface area contributed by atoms with Crippen LogP contribution >= 0.6 is 11.8 Å². The molecule has 1 heterocycles. The van der Waals surface area contributed by atoms with E-state index in [0.717, 1.165) is 49.4 Å². The van der Waals surface area contributed by atoms with Gasteiger partial charge in [-0.3, -0.25) is 4.79 Å². The van der Waals surface area contributed by atoms with Crippen molar-refractivity contribution in [1.29, 1.82) is 0 Å². The Bertz CT molecular complexity index is 689. The van der Waals surface area contributed by atoms with Crippen molar-refractivity contribution >= 4 is 17.7 Å². The van der Waals surface area contributed by atoms with Gasteiger partial charge < -0.3 is 10.2 Å². The van der Waals surface area contributed by atoms with Crippen LogP contribution in [0.4, 0.5) is 0 Å². The minimum Gasteiger partial charge on any atom is -0.348 e. The SMILES string of the molecule is CSc1ccccc1C(=O)N[C@H]1CCCN(CCc2ccccc2)C1. The van der Waals surface area contributed by atoms with Gasteiger partial charge >= 0.3 is 0 Å². The number of piperidine rings is 1. The maximum Gasteiger partial charge on any atom is 0.252 e. The Morgan fingerprint density at radius 1 is 1.16 bits per heavy atom. The molecule has 1 amide bonds. The molecule has 0 radical (unpaired) electrons. The van der Waals surface area contributed by atoms with Crippen molar-refractivity contribution in [2.75, 3.05) is 25.9 Å². The molecule has 4 heteroatoms. The molecule has 132 valence electrons. The van der Waals surface area contributed by atoms with Crippen LogP contribution < -0.4 is 5.32 Å². The molecule has 2 aromatic carbocycles. The molecular formula is C21H26N2OS. The third kappa shape index (κ3) is 5.10. The second-order valence-corrected chi connectivity index (χ2v) is 7.40. The van der Waals surface area contributed by atoms with E-state index in [1.807, 2.05) is 30.5 Å². The van der Waals surface area contributed by atoms with Crippen molar-refractivity contribution < 1.29 is 4.79 Å². The smallest absolute Gasteiger partial charge is 0.252 e. The summed E-state index contributed by atoms with van der Waals surface area (Å²) in [7, 11) is 0. The summed E-state index contributed by atoms with van der Waals surface area (Å²) in [6.45, 7) is 3.12. The highest BCUT2D eigenvalue weighted by Crippen LogP contribution is 2.20. The number of carbonyl (C=O) groups is 1. The number of nitrogens with one attached hydrogen (secondary N) is 1. The lowest BCUT2D eigenvalue weighted by molar-refractivity contribution is 0.0901. The molecule has 1 saturated heterocycles. The number of amides is 1. The molecule has 0 aromatic heterocycles. The van der Waals surface area contributed by atoms with Crippen LogP contribution in [-0.2, 0) is 6.42 Å². The molecule has 0 spiro atoms. The van der Waals surface area contributed by atoms with Crippen molar-refractivity contribution in [3.05, 3.63) is 65.7 Å². The van der Waals surface area contributed by atoms with Gasteiger partial charge in [-0.05, 0) is 49.8 Å². The molecule has 1 N–H and O–H groups in total. The Morgan fingerprint density at radius 2 is 1.92 bits per heavy atom. The van der Waals surface area contributed by atoms with Gasteiger partial charge in [-0.15, -0.1) is 11.8 Å². The monoisotopic (exact) mass is 354 g/mol. The summed E-state index contributed by atoms with van der Waals surface area (Å²) in [5, 5.41) is 3.24. The van der Waals surface area contributed by atoms with Gasteiger partial charge in [-0.2, -0.15) is 0 Å². The molecule has 0 saturated carbocycles. The average Bonchev–Trinajstić information content (AvgIpc) is 2.67. The van der Waals surface area contributed by atoms with Gasteiger partial charge in [-0.1, -0.05) is 42.5 Å². The molecule has 2 aromatic rings. The Balaban J connectivity index is 1.53. The van der Waals surface area contributed by atoms with Gasteiger partial charge in [0.1, 0.15) is 0 Å². The topological polar surface area (TPSA) is 32.3 Å². The van der Waals surface area contributed by atoms with Gasteiger partial charge in [0.15, 0.2) is 0 Å². The largest absolute Gasteiger partial charge is 0.348 e. The van der Waals surface area contributed by atoms with Crippen LogP contribution in [0.2, 0.25) is 0 Å². The molecule has 3 rings (SSSR count). The third-order valence-electron chi connectivity index (χ3n) is 4.75. The first-order valence-corrected chi connectivity index (χ1v) is 10.2. The van der Waals surface area contributed by atoms with E-state index >= 15 is 0 Å². The predicted octanol–water partition coefficient (Wildman–Crippen LogP) is 3.85. The van der Waals surface area contributed by atoms with E-state index in [-0.39, 0.29) is 11.9 Å². The molecule has 3 nitrogen and oxygen atoms in total. The van der Waals surface area contributed by atoms with Crippen LogP contribution in [0.15, 0.2) is 59.5 Å². The minimum atomic E-state index is 0.0554. The number of hydrogen-bond donors (Lipinski definition) is 1. The van der Waals surface area contributed by atoms with Crippen LogP contribution in [0.5, 0.6) is 0 Å². The molecule has 0 bridgehead atoms. The van der Waals surface area contributed by atoms with E-state index in [0.29, 0.717) is 0 Å². The minimum absolute atomic E-state index is 0.0554. The zero-order valence-corrected chi connectivity index (χ0v) is 15.6. The van der Waals surface area contributed by atoms with Crippen molar-refractivity contribution in [3.8, 4) is 0 Å². The van der Waals surface area contributed by atoms with E-state index in [1.54, 1.807) is 11.8 Å². The number of likely N-dealkylation sites (tertiary alicyclic amines) is 1. The molecule has 1 atom stereocenters. The van der Waals surface area contributed by atoms with Crippen LogP contribution in [0, 0.1) is 0 Å². The highest BCUT2D eigenvalue weighted by Gasteiger charge is 2.22. The van der Waals surface area contributed by atoms with Gasteiger partial charge in [0.25, 0.3) is 5.91 Å². The summed E-state index contributed by atoms with van der Waals surface area (Å²) in [4.78, 5) is 16.1. The van der Waals surface area contributed by atoms with Crippen molar-refractivity contribution in [3.63, 3.8) is 0 Å². The zero-order valence-electron chi connectivity index (χ0n) is 14.8. The highest BCUT2D eigenvalue weighted by molar-refractivity contribution is 7.98. The average molecular weight is 355 g/mol. The number of nitrogens with zero attached hydrogens (tertiary/aromatic N) is 1. The van der Waals surface area contributed by atoms with Gasteiger partial charge in [0, 0.05) is 24.0 Å². The number of carbonyl (C=O) groups excluding carboxylic acids is 1. The lowest BCUT2D eigenvalue weighted by Crippen LogP contribution is -2.48. The fraction of sp³-hybridized carbons (Fsp3) is 0.381. The lowest BCUT2D eigenvalue weighted by atomic mass is 10.0. The van der Waals surface area contributed by atoms with Gasteiger partial charge in [0.05, 0.1) is 5.56 Å². The van der Waals surface area contributed by atoms with E-state index in [1.165, 1.54) is 5.56 Å². The maximum absolute atomic E-state index is 12.6. The Labute approximate surface area is 154 Å². The van der Waals surface area contributed by atoms with Gasteiger partial charge in [0.2, 0.25) is 0 Å². The highest BCUT2D eigenvalue weighted by atomic mass is 32.2. The first kappa shape index (κ1) is 18.0. The number of benzene rings is 2. The fourth-order valence-corrected chi connectivity index (χ4v) is 4.00. The van der Waals surface area contributed by atoms with E-state index in [9.17, 15) is 4.79 Å². The number of rotatable bonds is 6. The first-order chi connectivity index (χ1) is 12.3. The Morgan fingerprint density at radius 3 is 2.72 bits per heavy atom. The zero-order chi connectivity index (χ0) is 17.5. The Hall–Kier alpha value is -1.78. The molecule has 1 aliphatic rings. The fourth-order valence-electron chi connectivity index (χ4n) is 3.40. The normalized spacial score (nSPS) is 18.0. The first-order valence-electron chi connectivity index (χ1n) is 8.96. The van der Waals surface area contributed by atoms with Crippen molar-refractivity contribution in [2.24, 2.45) is 0 Å². The lowest BCUT2D eigenvalue weighted by Gasteiger charge is -2.33. The summed E-state index contributed by atoms with van der Waals surface area (Å²) in [5.74, 6) is 0.0554. The van der Waals surface area contributed by atoms with E-state index < -0.39 is 0 Å². The molecule has 1 fully saturated rings.